The molecule has 3 rings (SSSR count). The molecule has 0 unspecified atom stereocenters. The molecule has 0 fully saturated rings. The zero-order valence-corrected chi connectivity index (χ0v) is 12.2. The van der Waals surface area contributed by atoms with Gasteiger partial charge in [-0.3, -0.25) is 0 Å². The molecule has 0 saturated carbocycles. The Kier molecular flexibility index (Phi) is 2.86. The lowest BCUT2D eigenvalue weighted by Crippen LogP contribution is -2.10. The molecule has 0 amide bonds. The van der Waals surface area contributed by atoms with E-state index in [0.717, 1.165) is 21.5 Å². The standard InChI is InChI=1S/C16H16N2S/c1-16(2,3)12-6-4-11(5-7-12)14-13-8-9-19-15(13)18-10-17-14/h4-10H,1-3H3. The number of hydrogen-bond donors (Lipinski definition) is 0. The molecule has 0 radical (unpaired) electrons. The van der Waals surface area contributed by atoms with Gasteiger partial charge in [-0.05, 0) is 22.4 Å². The zero-order chi connectivity index (χ0) is 13.5. The highest BCUT2D eigenvalue weighted by Gasteiger charge is 2.14. The van der Waals surface area contributed by atoms with Crippen LogP contribution in [0.1, 0.15) is 26.3 Å². The second kappa shape index (κ2) is 4.42. The van der Waals surface area contributed by atoms with Crippen LogP contribution in [0.3, 0.4) is 0 Å². The van der Waals surface area contributed by atoms with Crippen molar-refractivity contribution in [1.29, 1.82) is 0 Å². The van der Waals surface area contributed by atoms with Gasteiger partial charge in [0.05, 0.1) is 5.69 Å². The average Bonchev–Trinajstić information content (AvgIpc) is 2.86. The number of benzene rings is 1. The van der Waals surface area contributed by atoms with E-state index in [1.54, 1.807) is 17.7 Å². The summed E-state index contributed by atoms with van der Waals surface area (Å²) in [5, 5.41) is 3.20. The van der Waals surface area contributed by atoms with Crippen molar-refractivity contribution >= 4 is 21.6 Å². The second-order valence-electron chi connectivity index (χ2n) is 5.69. The quantitative estimate of drug-likeness (QED) is 0.641. The Morgan fingerprint density at radius 2 is 1.68 bits per heavy atom. The van der Waals surface area contributed by atoms with Gasteiger partial charge in [-0.1, -0.05) is 45.0 Å². The van der Waals surface area contributed by atoms with E-state index in [2.05, 4.69) is 66.5 Å². The van der Waals surface area contributed by atoms with E-state index in [-0.39, 0.29) is 5.41 Å². The molecule has 0 aliphatic heterocycles. The third-order valence-electron chi connectivity index (χ3n) is 3.29. The molecule has 3 aromatic rings. The van der Waals surface area contributed by atoms with Crippen LogP contribution in [0.2, 0.25) is 0 Å². The number of aromatic nitrogens is 2. The van der Waals surface area contributed by atoms with Gasteiger partial charge in [-0.2, -0.15) is 0 Å². The van der Waals surface area contributed by atoms with Crippen molar-refractivity contribution in [2.24, 2.45) is 0 Å². The average molecular weight is 268 g/mol. The fourth-order valence-corrected chi connectivity index (χ4v) is 2.88. The van der Waals surface area contributed by atoms with Gasteiger partial charge in [0.25, 0.3) is 0 Å². The fourth-order valence-electron chi connectivity index (χ4n) is 2.15. The molecule has 2 aromatic heterocycles. The summed E-state index contributed by atoms with van der Waals surface area (Å²) in [7, 11) is 0. The summed E-state index contributed by atoms with van der Waals surface area (Å²) in [4.78, 5) is 9.77. The van der Waals surface area contributed by atoms with Crippen molar-refractivity contribution in [3.8, 4) is 11.3 Å². The van der Waals surface area contributed by atoms with Crippen molar-refractivity contribution in [3.05, 3.63) is 47.6 Å². The Morgan fingerprint density at radius 3 is 2.37 bits per heavy atom. The zero-order valence-electron chi connectivity index (χ0n) is 11.3. The maximum absolute atomic E-state index is 4.44. The normalized spacial score (nSPS) is 11.9. The summed E-state index contributed by atoms with van der Waals surface area (Å²) in [6.07, 6.45) is 1.64. The number of rotatable bonds is 1. The van der Waals surface area contributed by atoms with Crippen molar-refractivity contribution in [2.75, 3.05) is 0 Å². The molecular weight excluding hydrogens is 252 g/mol. The van der Waals surface area contributed by atoms with Gasteiger partial charge in [-0.25, -0.2) is 9.97 Å². The SMILES string of the molecule is CC(C)(C)c1ccc(-c2ncnc3sccc23)cc1. The van der Waals surface area contributed by atoms with Crippen LogP contribution < -0.4 is 0 Å². The monoisotopic (exact) mass is 268 g/mol. The Bertz CT molecular complexity index is 705. The third-order valence-corrected chi connectivity index (χ3v) is 4.11. The largest absolute Gasteiger partial charge is 0.236 e. The number of hydrogen-bond acceptors (Lipinski definition) is 3. The van der Waals surface area contributed by atoms with Crippen molar-refractivity contribution in [2.45, 2.75) is 26.2 Å². The Balaban J connectivity index is 2.10. The predicted molar refractivity (Wildman–Crippen MR) is 81.6 cm³/mol. The number of nitrogens with zero attached hydrogens (tertiary/aromatic N) is 2. The van der Waals surface area contributed by atoms with Crippen LogP contribution in [0.4, 0.5) is 0 Å². The summed E-state index contributed by atoms with van der Waals surface area (Å²) in [5.74, 6) is 0. The van der Waals surface area contributed by atoms with Crippen LogP contribution in [-0.4, -0.2) is 9.97 Å². The van der Waals surface area contributed by atoms with Gasteiger partial charge in [0.2, 0.25) is 0 Å². The van der Waals surface area contributed by atoms with Gasteiger partial charge in [0, 0.05) is 10.9 Å². The minimum Gasteiger partial charge on any atom is -0.236 e. The van der Waals surface area contributed by atoms with Gasteiger partial charge < -0.3 is 0 Å². The summed E-state index contributed by atoms with van der Waals surface area (Å²) in [6, 6.07) is 10.8. The van der Waals surface area contributed by atoms with Gasteiger partial charge in [0.15, 0.2) is 0 Å². The lowest BCUT2D eigenvalue weighted by atomic mass is 9.86. The van der Waals surface area contributed by atoms with Crippen molar-refractivity contribution in [3.63, 3.8) is 0 Å². The molecule has 2 heterocycles. The van der Waals surface area contributed by atoms with E-state index in [1.165, 1.54) is 5.56 Å². The molecule has 1 aromatic carbocycles. The van der Waals surface area contributed by atoms with E-state index in [9.17, 15) is 0 Å². The highest BCUT2D eigenvalue weighted by Crippen LogP contribution is 2.30. The van der Waals surface area contributed by atoms with Crippen LogP contribution >= 0.6 is 11.3 Å². The van der Waals surface area contributed by atoms with E-state index in [1.807, 2.05) is 0 Å². The summed E-state index contributed by atoms with van der Waals surface area (Å²) < 4.78 is 0. The fraction of sp³-hybridized carbons (Fsp3) is 0.250. The van der Waals surface area contributed by atoms with E-state index in [4.69, 9.17) is 0 Å². The summed E-state index contributed by atoms with van der Waals surface area (Å²) >= 11 is 1.65. The van der Waals surface area contributed by atoms with Crippen molar-refractivity contribution < 1.29 is 0 Å². The smallest absolute Gasteiger partial charge is 0.127 e. The van der Waals surface area contributed by atoms with Crippen molar-refractivity contribution in [1.82, 2.24) is 9.97 Å². The molecule has 0 saturated heterocycles. The molecule has 0 aliphatic rings. The molecule has 2 nitrogen and oxygen atoms in total. The molecule has 3 heteroatoms. The Hall–Kier alpha value is -1.74. The number of fused-ring (bicyclic) bond motifs is 1. The Morgan fingerprint density at radius 1 is 0.947 bits per heavy atom. The van der Waals surface area contributed by atoms with Crippen LogP contribution in [0.25, 0.3) is 21.5 Å². The Labute approximate surface area is 117 Å². The molecule has 96 valence electrons. The highest BCUT2D eigenvalue weighted by molar-refractivity contribution is 7.16. The lowest BCUT2D eigenvalue weighted by molar-refractivity contribution is 0.590. The molecule has 0 bridgehead atoms. The van der Waals surface area contributed by atoms with E-state index < -0.39 is 0 Å². The molecule has 0 N–H and O–H groups in total. The van der Waals surface area contributed by atoms with E-state index in [0.29, 0.717) is 0 Å². The third kappa shape index (κ3) is 2.26. The first kappa shape index (κ1) is 12.3. The predicted octanol–water partition coefficient (Wildman–Crippen LogP) is 4.66. The van der Waals surface area contributed by atoms with Crippen LogP contribution in [0.15, 0.2) is 42.0 Å². The first-order valence-corrected chi connectivity index (χ1v) is 7.23. The first-order chi connectivity index (χ1) is 9.05. The first-order valence-electron chi connectivity index (χ1n) is 6.35. The number of thiophene rings is 1. The maximum atomic E-state index is 4.44. The van der Waals surface area contributed by atoms with Gasteiger partial charge in [-0.15, -0.1) is 11.3 Å². The summed E-state index contributed by atoms with van der Waals surface area (Å²) in [5.41, 5.74) is 3.69. The molecule has 19 heavy (non-hydrogen) atoms. The molecular formula is C16H16N2S. The second-order valence-corrected chi connectivity index (χ2v) is 6.58. The minimum absolute atomic E-state index is 0.182. The molecule has 0 spiro atoms. The molecule has 0 aliphatic carbocycles. The van der Waals surface area contributed by atoms with Gasteiger partial charge >= 0.3 is 0 Å². The maximum Gasteiger partial charge on any atom is 0.127 e. The molecule has 0 atom stereocenters. The van der Waals surface area contributed by atoms with Crippen LogP contribution in [0, 0.1) is 0 Å². The van der Waals surface area contributed by atoms with Crippen LogP contribution in [-0.2, 0) is 5.41 Å². The summed E-state index contributed by atoms with van der Waals surface area (Å²) in [6.45, 7) is 6.68. The lowest BCUT2D eigenvalue weighted by Gasteiger charge is -2.19. The highest BCUT2D eigenvalue weighted by atomic mass is 32.1. The van der Waals surface area contributed by atoms with E-state index >= 15 is 0 Å². The topological polar surface area (TPSA) is 25.8 Å². The minimum atomic E-state index is 0.182. The van der Waals surface area contributed by atoms with Gasteiger partial charge in [0.1, 0.15) is 11.2 Å². The van der Waals surface area contributed by atoms with Crippen LogP contribution in [0.5, 0.6) is 0 Å².